The van der Waals surface area contributed by atoms with Crippen LogP contribution >= 0.6 is 0 Å². The fourth-order valence-electron chi connectivity index (χ4n) is 2.84. The first kappa shape index (κ1) is 18.6. The molecule has 29 heavy (non-hydrogen) atoms. The second-order valence-electron chi connectivity index (χ2n) is 6.57. The monoisotopic (exact) mass is 385 g/mol. The molecule has 0 atom stereocenters. The van der Waals surface area contributed by atoms with Crippen LogP contribution in [0.5, 0.6) is 11.5 Å². The van der Waals surface area contributed by atoms with E-state index in [9.17, 15) is 4.79 Å². The average Bonchev–Trinajstić information content (AvgIpc) is 2.74. The van der Waals surface area contributed by atoms with Crippen LogP contribution in [-0.2, 0) is 11.3 Å². The minimum absolute atomic E-state index is 0.0892. The Balaban J connectivity index is 1.50. The van der Waals surface area contributed by atoms with E-state index >= 15 is 0 Å². The summed E-state index contributed by atoms with van der Waals surface area (Å²) in [6.07, 6.45) is 3.31. The molecule has 144 valence electrons. The number of ether oxygens (including phenoxy) is 2. The highest BCUT2D eigenvalue weighted by Gasteiger charge is 2.12. The molecule has 0 aliphatic rings. The molecule has 0 N–H and O–H groups in total. The number of aromatic nitrogens is 3. The quantitative estimate of drug-likeness (QED) is 0.460. The molecular weight excluding hydrogens is 366 g/mol. The Labute approximate surface area is 168 Å². The molecular formula is C23H19N3O3. The van der Waals surface area contributed by atoms with E-state index in [-0.39, 0.29) is 6.61 Å². The highest BCUT2D eigenvalue weighted by atomic mass is 16.5. The lowest BCUT2D eigenvalue weighted by Crippen LogP contribution is -2.06. The van der Waals surface area contributed by atoms with Crippen molar-refractivity contribution in [1.82, 2.24) is 15.0 Å². The van der Waals surface area contributed by atoms with Gasteiger partial charge >= 0.3 is 5.97 Å². The van der Waals surface area contributed by atoms with Crippen molar-refractivity contribution in [2.24, 2.45) is 0 Å². The lowest BCUT2D eigenvalue weighted by atomic mass is 10.1. The number of nitrogens with zero attached hydrogens (tertiary/aromatic N) is 3. The van der Waals surface area contributed by atoms with Gasteiger partial charge in [0, 0.05) is 11.8 Å². The number of carbonyl (C=O) groups is 1. The van der Waals surface area contributed by atoms with Crippen LogP contribution < -0.4 is 4.74 Å². The normalized spacial score (nSPS) is 10.7. The summed E-state index contributed by atoms with van der Waals surface area (Å²) >= 11 is 0. The third-order valence-corrected chi connectivity index (χ3v) is 4.50. The number of aryl methyl sites for hydroxylation is 2. The number of esters is 1. The number of hydrogen-bond acceptors (Lipinski definition) is 6. The van der Waals surface area contributed by atoms with Crippen LogP contribution in [0.3, 0.4) is 0 Å². The van der Waals surface area contributed by atoms with Crippen molar-refractivity contribution < 1.29 is 14.3 Å². The number of hydrogen-bond donors (Lipinski definition) is 0. The van der Waals surface area contributed by atoms with Gasteiger partial charge in [0.2, 0.25) is 0 Å². The maximum atomic E-state index is 12.6. The molecule has 0 aliphatic carbocycles. The molecule has 0 saturated heterocycles. The first-order valence-corrected chi connectivity index (χ1v) is 9.18. The SMILES string of the molecule is Cc1nc2ccc(C(=O)OCc3ccccc3Oc3cccnc3)cc2nc1C. The average molecular weight is 385 g/mol. The molecule has 0 aliphatic heterocycles. The minimum Gasteiger partial charge on any atom is -0.457 e. The summed E-state index contributed by atoms with van der Waals surface area (Å²) in [6.45, 7) is 3.90. The van der Waals surface area contributed by atoms with Gasteiger partial charge in [0.15, 0.2) is 0 Å². The van der Waals surface area contributed by atoms with Crippen molar-refractivity contribution in [2.75, 3.05) is 0 Å². The second-order valence-corrected chi connectivity index (χ2v) is 6.57. The van der Waals surface area contributed by atoms with Crippen molar-refractivity contribution in [3.05, 3.63) is 89.5 Å². The highest BCUT2D eigenvalue weighted by Crippen LogP contribution is 2.25. The standard InChI is InChI=1S/C23H19N3O3/c1-15-16(2)26-21-12-17(9-10-20(21)25-15)23(27)28-14-18-6-3-4-8-22(18)29-19-7-5-11-24-13-19/h3-13H,14H2,1-2H3. The first-order valence-electron chi connectivity index (χ1n) is 9.18. The van der Waals surface area contributed by atoms with E-state index in [1.807, 2.05) is 44.2 Å². The Kier molecular flexibility index (Phi) is 5.16. The zero-order valence-electron chi connectivity index (χ0n) is 16.1. The predicted molar refractivity (Wildman–Crippen MR) is 109 cm³/mol. The topological polar surface area (TPSA) is 74.2 Å². The van der Waals surface area contributed by atoms with Gasteiger partial charge in [-0.05, 0) is 50.2 Å². The Morgan fingerprint density at radius 3 is 2.52 bits per heavy atom. The lowest BCUT2D eigenvalue weighted by Gasteiger charge is -2.11. The molecule has 6 nitrogen and oxygen atoms in total. The van der Waals surface area contributed by atoms with Crippen molar-refractivity contribution in [3.8, 4) is 11.5 Å². The molecule has 6 heteroatoms. The largest absolute Gasteiger partial charge is 0.457 e. The molecule has 0 radical (unpaired) electrons. The van der Waals surface area contributed by atoms with Crippen LogP contribution in [0, 0.1) is 13.8 Å². The summed E-state index contributed by atoms with van der Waals surface area (Å²) in [5, 5.41) is 0. The van der Waals surface area contributed by atoms with Crippen LogP contribution in [0.15, 0.2) is 67.0 Å². The number of carbonyl (C=O) groups excluding carboxylic acids is 1. The summed E-state index contributed by atoms with van der Waals surface area (Å²) in [6, 6.07) is 16.2. The molecule has 0 unspecified atom stereocenters. The fourth-order valence-corrected chi connectivity index (χ4v) is 2.84. The number of pyridine rings is 1. The molecule has 0 saturated carbocycles. The van der Waals surface area contributed by atoms with Crippen molar-refractivity contribution in [1.29, 1.82) is 0 Å². The van der Waals surface area contributed by atoms with Gasteiger partial charge in [-0.2, -0.15) is 0 Å². The van der Waals surface area contributed by atoms with E-state index in [1.54, 1.807) is 36.7 Å². The van der Waals surface area contributed by atoms with Crippen molar-refractivity contribution in [3.63, 3.8) is 0 Å². The Hall–Kier alpha value is -3.80. The van der Waals surface area contributed by atoms with Gasteiger partial charge < -0.3 is 9.47 Å². The zero-order chi connectivity index (χ0) is 20.2. The van der Waals surface area contributed by atoms with Gasteiger partial charge in [0.1, 0.15) is 18.1 Å². The molecule has 0 fully saturated rings. The molecule has 4 rings (SSSR count). The Morgan fingerprint density at radius 1 is 0.931 bits per heavy atom. The van der Waals surface area contributed by atoms with Crippen LogP contribution in [0.1, 0.15) is 27.3 Å². The minimum atomic E-state index is -0.428. The summed E-state index contributed by atoms with van der Waals surface area (Å²) in [4.78, 5) is 25.6. The van der Waals surface area contributed by atoms with Gasteiger partial charge in [-0.15, -0.1) is 0 Å². The summed E-state index contributed by atoms with van der Waals surface area (Å²) in [5.41, 5.74) is 4.32. The number of rotatable bonds is 5. The molecule has 4 aromatic rings. The molecule has 2 aromatic carbocycles. The van der Waals surface area contributed by atoms with Gasteiger partial charge in [-0.3, -0.25) is 4.98 Å². The first-order chi connectivity index (χ1) is 14.1. The summed E-state index contributed by atoms with van der Waals surface area (Å²) < 4.78 is 11.4. The second kappa shape index (κ2) is 8.06. The summed E-state index contributed by atoms with van der Waals surface area (Å²) in [5.74, 6) is 0.803. The third-order valence-electron chi connectivity index (χ3n) is 4.50. The highest BCUT2D eigenvalue weighted by molar-refractivity contribution is 5.93. The van der Waals surface area contributed by atoms with Crippen molar-refractivity contribution >= 4 is 17.0 Å². The van der Waals surface area contributed by atoms with E-state index in [4.69, 9.17) is 9.47 Å². The van der Waals surface area contributed by atoms with Crippen molar-refractivity contribution in [2.45, 2.75) is 20.5 Å². The molecule has 0 amide bonds. The maximum Gasteiger partial charge on any atom is 0.338 e. The molecule has 0 spiro atoms. The predicted octanol–water partition coefficient (Wildman–Crippen LogP) is 4.79. The van der Waals surface area contributed by atoms with E-state index < -0.39 is 5.97 Å². The van der Waals surface area contributed by atoms with Gasteiger partial charge in [-0.1, -0.05) is 18.2 Å². The van der Waals surface area contributed by atoms with Gasteiger partial charge in [-0.25, -0.2) is 14.8 Å². The van der Waals surface area contributed by atoms with E-state index in [0.717, 1.165) is 22.5 Å². The smallest absolute Gasteiger partial charge is 0.338 e. The van der Waals surface area contributed by atoms with Gasteiger partial charge in [0.05, 0.1) is 34.2 Å². The number of benzene rings is 2. The van der Waals surface area contributed by atoms with Crippen LogP contribution in [-0.4, -0.2) is 20.9 Å². The Morgan fingerprint density at radius 2 is 1.72 bits per heavy atom. The van der Waals surface area contributed by atoms with E-state index in [0.29, 0.717) is 22.6 Å². The van der Waals surface area contributed by atoms with Gasteiger partial charge in [0.25, 0.3) is 0 Å². The van der Waals surface area contributed by atoms with Crippen LogP contribution in [0.25, 0.3) is 11.0 Å². The fraction of sp³-hybridized carbons (Fsp3) is 0.130. The third kappa shape index (κ3) is 4.21. The lowest BCUT2D eigenvalue weighted by molar-refractivity contribution is 0.0471. The number of fused-ring (bicyclic) bond motifs is 1. The van der Waals surface area contributed by atoms with Crippen LogP contribution in [0.4, 0.5) is 0 Å². The van der Waals surface area contributed by atoms with Crippen LogP contribution in [0.2, 0.25) is 0 Å². The van der Waals surface area contributed by atoms with E-state index in [1.165, 1.54) is 0 Å². The molecule has 2 heterocycles. The summed E-state index contributed by atoms with van der Waals surface area (Å²) in [7, 11) is 0. The molecule has 2 aromatic heterocycles. The zero-order valence-corrected chi connectivity index (χ0v) is 16.1. The Bertz CT molecular complexity index is 1180. The maximum absolute atomic E-state index is 12.6. The molecule has 0 bridgehead atoms. The van der Waals surface area contributed by atoms with E-state index in [2.05, 4.69) is 15.0 Å². The number of para-hydroxylation sites is 1.